The van der Waals surface area contributed by atoms with Crippen LogP contribution in [-0.2, 0) is 0 Å². The average Bonchev–Trinajstić information content (AvgIpc) is 2.45. The van der Waals surface area contributed by atoms with Gasteiger partial charge in [0.25, 0.3) is 0 Å². The van der Waals surface area contributed by atoms with Crippen LogP contribution in [0.4, 0.5) is 0 Å². The number of fused-ring (bicyclic) bond motifs is 1. The first-order valence-corrected chi connectivity index (χ1v) is 7.13. The molecule has 0 amide bonds. The summed E-state index contributed by atoms with van der Waals surface area (Å²) in [6, 6.07) is 8.23. The molecule has 0 aromatic heterocycles. The quantitative estimate of drug-likeness (QED) is 0.759. The first-order chi connectivity index (χ1) is 9.11. The minimum atomic E-state index is 0.508. The molecule has 0 heterocycles. The third kappa shape index (κ3) is 2.11. The highest BCUT2D eigenvalue weighted by molar-refractivity contribution is 5.55. The smallest absolute Gasteiger partial charge is 0.118 e. The SMILES string of the molecule is COc1ccc(C=CC2=CC[C@H]3C[C@@H]2C3(C)C)cc1. The van der Waals surface area contributed by atoms with Crippen LogP contribution in [0.25, 0.3) is 6.08 Å². The highest BCUT2D eigenvalue weighted by Crippen LogP contribution is 2.59. The van der Waals surface area contributed by atoms with Gasteiger partial charge in [-0.05, 0) is 53.4 Å². The van der Waals surface area contributed by atoms with Gasteiger partial charge in [-0.1, -0.05) is 44.2 Å². The van der Waals surface area contributed by atoms with Gasteiger partial charge in [-0.25, -0.2) is 0 Å². The van der Waals surface area contributed by atoms with E-state index in [1.54, 1.807) is 7.11 Å². The summed E-state index contributed by atoms with van der Waals surface area (Å²) in [6.07, 6.45) is 9.60. The fourth-order valence-electron chi connectivity index (χ4n) is 3.49. The summed E-state index contributed by atoms with van der Waals surface area (Å²) in [4.78, 5) is 0. The molecular weight excluding hydrogens is 232 g/mol. The summed E-state index contributed by atoms with van der Waals surface area (Å²) in [7, 11) is 1.70. The van der Waals surface area contributed by atoms with E-state index in [-0.39, 0.29) is 0 Å². The van der Waals surface area contributed by atoms with Crippen LogP contribution in [0.2, 0.25) is 0 Å². The average molecular weight is 254 g/mol. The molecule has 3 aliphatic carbocycles. The van der Waals surface area contributed by atoms with Gasteiger partial charge in [-0.15, -0.1) is 0 Å². The van der Waals surface area contributed by atoms with E-state index in [1.807, 2.05) is 12.1 Å². The molecule has 4 rings (SSSR count). The van der Waals surface area contributed by atoms with Crippen LogP contribution in [0.1, 0.15) is 32.3 Å². The highest BCUT2D eigenvalue weighted by Gasteiger charge is 2.50. The van der Waals surface area contributed by atoms with Crippen LogP contribution in [0.15, 0.2) is 42.0 Å². The Bertz CT molecular complexity index is 519. The predicted molar refractivity (Wildman–Crippen MR) is 80.1 cm³/mol. The van der Waals surface area contributed by atoms with Crippen LogP contribution >= 0.6 is 0 Å². The molecule has 0 aliphatic heterocycles. The van der Waals surface area contributed by atoms with Crippen molar-refractivity contribution in [3.05, 3.63) is 47.6 Å². The molecule has 0 radical (unpaired) electrons. The third-order valence-corrected chi connectivity index (χ3v) is 5.10. The van der Waals surface area contributed by atoms with E-state index in [0.717, 1.165) is 17.6 Å². The van der Waals surface area contributed by atoms with Gasteiger partial charge >= 0.3 is 0 Å². The number of hydrogen-bond donors (Lipinski definition) is 0. The van der Waals surface area contributed by atoms with E-state index >= 15 is 0 Å². The molecule has 19 heavy (non-hydrogen) atoms. The highest BCUT2D eigenvalue weighted by atomic mass is 16.5. The lowest BCUT2D eigenvalue weighted by molar-refractivity contribution is -0.00322. The Morgan fingerprint density at radius 2 is 1.89 bits per heavy atom. The van der Waals surface area contributed by atoms with E-state index < -0.39 is 0 Å². The number of benzene rings is 1. The fourth-order valence-corrected chi connectivity index (χ4v) is 3.49. The maximum Gasteiger partial charge on any atom is 0.118 e. The van der Waals surface area contributed by atoms with Crippen molar-refractivity contribution in [2.75, 3.05) is 7.11 Å². The number of methoxy groups -OCH3 is 1. The van der Waals surface area contributed by atoms with Gasteiger partial charge in [0.15, 0.2) is 0 Å². The van der Waals surface area contributed by atoms with Gasteiger partial charge in [0.05, 0.1) is 7.11 Å². The number of allylic oxidation sites excluding steroid dienone is 3. The Morgan fingerprint density at radius 3 is 2.47 bits per heavy atom. The third-order valence-electron chi connectivity index (χ3n) is 5.10. The summed E-state index contributed by atoms with van der Waals surface area (Å²) in [5.74, 6) is 2.59. The normalized spacial score (nSPS) is 27.8. The topological polar surface area (TPSA) is 9.23 Å². The molecule has 1 aromatic rings. The van der Waals surface area contributed by atoms with Crippen molar-refractivity contribution >= 4 is 6.08 Å². The summed E-state index contributed by atoms with van der Waals surface area (Å²) in [5.41, 5.74) is 3.28. The molecular formula is C18H22O. The zero-order valence-electron chi connectivity index (χ0n) is 12.0. The van der Waals surface area contributed by atoms with Crippen molar-refractivity contribution < 1.29 is 4.74 Å². The van der Waals surface area contributed by atoms with E-state index in [4.69, 9.17) is 4.74 Å². The Balaban J connectivity index is 1.74. The zero-order valence-corrected chi connectivity index (χ0v) is 12.0. The summed E-state index contributed by atoms with van der Waals surface area (Å²) in [5, 5.41) is 0. The number of hydrogen-bond acceptors (Lipinski definition) is 1. The molecule has 2 atom stereocenters. The van der Waals surface area contributed by atoms with Gasteiger partial charge < -0.3 is 4.74 Å². The van der Waals surface area contributed by atoms with Gasteiger partial charge in [0.2, 0.25) is 0 Å². The maximum atomic E-state index is 5.18. The summed E-state index contributed by atoms with van der Waals surface area (Å²) < 4.78 is 5.18. The first-order valence-electron chi connectivity index (χ1n) is 7.13. The van der Waals surface area contributed by atoms with Crippen molar-refractivity contribution in [3.8, 4) is 5.75 Å². The Morgan fingerprint density at radius 1 is 1.16 bits per heavy atom. The molecule has 0 N–H and O–H groups in total. The fraction of sp³-hybridized carbons (Fsp3) is 0.444. The molecule has 0 spiro atoms. The van der Waals surface area contributed by atoms with E-state index in [2.05, 4.69) is 44.2 Å². The zero-order chi connectivity index (χ0) is 13.5. The second-order valence-corrected chi connectivity index (χ2v) is 6.35. The molecule has 1 saturated carbocycles. The van der Waals surface area contributed by atoms with E-state index in [0.29, 0.717) is 5.41 Å². The van der Waals surface area contributed by atoms with Crippen molar-refractivity contribution in [3.63, 3.8) is 0 Å². The summed E-state index contributed by atoms with van der Waals surface area (Å²) in [6.45, 7) is 4.83. The minimum Gasteiger partial charge on any atom is -0.497 e. The minimum absolute atomic E-state index is 0.508. The Hall–Kier alpha value is -1.50. The molecule has 0 unspecified atom stereocenters. The van der Waals surface area contributed by atoms with Crippen LogP contribution in [0.3, 0.4) is 0 Å². The maximum absolute atomic E-state index is 5.18. The second-order valence-electron chi connectivity index (χ2n) is 6.35. The Labute approximate surface area is 116 Å². The van der Waals surface area contributed by atoms with Crippen LogP contribution in [-0.4, -0.2) is 7.11 Å². The lowest BCUT2D eigenvalue weighted by atomic mass is 9.49. The van der Waals surface area contributed by atoms with Gasteiger partial charge in [-0.2, -0.15) is 0 Å². The number of rotatable bonds is 3. The molecule has 2 bridgehead atoms. The van der Waals surface area contributed by atoms with Crippen molar-refractivity contribution in [1.82, 2.24) is 0 Å². The molecule has 1 nitrogen and oxygen atoms in total. The molecule has 1 aromatic carbocycles. The monoisotopic (exact) mass is 254 g/mol. The van der Waals surface area contributed by atoms with Gasteiger partial charge in [0.1, 0.15) is 5.75 Å². The number of ether oxygens (including phenoxy) is 1. The summed E-state index contributed by atoms with van der Waals surface area (Å²) >= 11 is 0. The lowest BCUT2D eigenvalue weighted by Crippen LogP contribution is -2.47. The standard InChI is InChI=1S/C18H22O/c1-18(2)15-9-8-14(17(18)12-15)7-4-13-5-10-16(19-3)11-6-13/h4-8,10-11,15,17H,9,12H2,1-3H3/t15-,17-/m0/s1. The van der Waals surface area contributed by atoms with Crippen LogP contribution in [0, 0.1) is 17.3 Å². The van der Waals surface area contributed by atoms with Gasteiger partial charge in [0, 0.05) is 0 Å². The van der Waals surface area contributed by atoms with Crippen LogP contribution < -0.4 is 4.74 Å². The molecule has 3 aliphatic rings. The predicted octanol–water partition coefficient (Wildman–Crippen LogP) is 4.70. The molecule has 1 fully saturated rings. The van der Waals surface area contributed by atoms with E-state index in [1.165, 1.54) is 24.0 Å². The first kappa shape index (κ1) is 12.5. The van der Waals surface area contributed by atoms with Crippen molar-refractivity contribution in [1.29, 1.82) is 0 Å². The van der Waals surface area contributed by atoms with Gasteiger partial charge in [-0.3, -0.25) is 0 Å². The lowest BCUT2D eigenvalue weighted by Gasteiger charge is -2.56. The molecule has 1 heteroatoms. The van der Waals surface area contributed by atoms with Crippen LogP contribution in [0.5, 0.6) is 5.75 Å². The van der Waals surface area contributed by atoms with Crippen molar-refractivity contribution in [2.45, 2.75) is 26.7 Å². The van der Waals surface area contributed by atoms with E-state index in [9.17, 15) is 0 Å². The molecule has 0 saturated heterocycles. The second kappa shape index (κ2) is 4.56. The largest absolute Gasteiger partial charge is 0.497 e. The van der Waals surface area contributed by atoms with Crippen molar-refractivity contribution in [2.24, 2.45) is 17.3 Å². The Kier molecular flexibility index (Phi) is 3.00. The molecule has 100 valence electrons.